The zero-order valence-corrected chi connectivity index (χ0v) is 12.4. The number of fused-ring (bicyclic) bond motifs is 1. The molecule has 4 nitrogen and oxygen atoms in total. The molecule has 0 spiro atoms. The maximum absolute atomic E-state index is 10.1. The molecular formula is C17H25NO3. The zero-order valence-electron chi connectivity index (χ0n) is 12.4. The van der Waals surface area contributed by atoms with E-state index in [9.17, 15) is 10.2 Å². The van der Waals surface area contributed by atoms with E-state index in [1.165, 1.54) is 0 Å². The molecule has 1 aliphatic carbocycles. The first-order valence-corrected chi connectivity index (χ1v) is 7.92. The van der Waals surface area contributed by atoms with E-state index in [1.54, 1.807) is 0 Å². The van der Waals surface area contributed by atoms with Crippen molar-refractivity contribution < 1.29 is 14.9 Å². The summed E-state index contributed by atoms with van der Waals surface area (Å²) in [4.78, 5) is 2.27. The van der Waals surface area contributed by atoms with Gasteiger partial charge in [0.25, 0.3) is 0 Å². The van der Waals surface area contributed by atoms with Crippen molar-refractivity contribution in [1.29, 1.82) is 0 Å². The number of ether oxygens (including phenoxy) is 1. The van der Waals surface area contributed by atoms with E-state index >= 15 is 0 Å². The maximum Gasteiger partial charge on any atom is 0.0900 e. The van der Waals surface area contributed by atoms with Crippen LogP contribution < -0.4 is 0 Å². The molecule has 4 atom stereocenters. The van der Waals surface area contributed by atoms with E-state index in [1.807, 2.05) is 30.3 Å². The number of rotatable bonds is 6. The fourth-order valence-electron chi connectivity index (χ4n) is 3.72. The molecule has 2 N–H and O–H groups in total. The lowest BCUT2D eigenvalue weighted by atomic mass is 10.00. The lowest BCUT2D eigenvalue weighted by Crippen LogP contribution is -2.34. The molecule has 0 bridgehead atoms. The van der Waals surface area contributed by atoms with Gasteiger partial charge in [0, 0.05) is 25.6 Å². The molecular weight excluding hydrogens is 266 g/mol. The minimum absolute atomic E-state index is 0.133. The van der Waals surface area contributed by atoms with E-state index in [2.05, 4.69) is 4.90 Å². The Bertz CT molecular complexity index is 439. The largest absolute Gasteiger partial charge is 0.393 e. The Balaban J connectivity index is 1.36. The van der Waals surface area contributed by atoms with Crippen LogP contribution in [0.3, 0.4) is 0 Å². The van der Waals surface area contributed by atoms with Gasteiger partial charge in [-0.05, 0) is 24.3 Å². The van der Waals surface area contributed by atoms with Gasteiger partial charge in [0.2, 0.25) is 0 Å². The zero-order chi connectivity index (χ0) is 14.7. The minimum atomic E-state index is -0.454. The first-order valence-electron chi connectivity index (χ1n) is 7.92. The summed E-state index contributed by atoms with van der Waals surface area (Å²) < 4.78 is 5.58. The Hall–Kier alpha value is -0.940. The van der Waals surface area contributed by atoms with Crippen molar-refractivity contribution in [2.24, 2.45) is 11.8 Å². The molecule has 1 heterocycles. The molecule has 2 aliphatic rings. The average Bonchev–Trinajstić information content (AvgIpc) is 3.02. The highest BCUT2D eigenvalue weighted by Gasteiger charge is 2.41. The highest BCUT2D eigenvalue weighted by Crippen LogP contribution is 2.37. The highest BCUT2D eigenvalue weighted by molar-refractivity contribution is 5.13. The number of aliphatic hydroxyl groups is 2. The molecule has 3 rings (SSSR count). The second-order valence-corrected chi connectivity index (χ2v) is 6.44. The summed E-state index contributed by atoms with van der Waals surface area (Å²) in [5, 5.41) is 20.0. The van der Waals surface area contributed by atoms with Crippen LogP contribution in [0.5, 0.6) is 0 Å². The molecule has 0 aromatic heterocycles. The Morgan fingerprint density at radius 2 is 2.00 bits per heavy atom. The molecule has 1 saturated heterocycles. The van der Waals surface area contributed by atoms with Crippen LogP contribution in [0.2, 0.25) is 0 Å². The van der Waals surface area contributed by atoms with E-state index < -0.39 is 6.10 Å². The number of aliphatic hydroxyl groups excluding tert-OH is 2. The van der Waals surface area contributed by atoms with Crippen LogP contribution >= 0.6 is 0 Å². The minimum Gasteiger partial charge on any atom is -0.393 e. The van der Waals surface area contributed by atoms with E-state index in [0.717, 1.165) is 31.5 Å². The predicted octanol–water partition coefficient (Wildman–Crippen LogP) is 1.27. The Morgan fingerprint density at radius 3 is 2.76 bits per heavy atom. The Kier molecular flexibility index (Phi) is 4.91. The van der Waals surface area contributed by atoms with Crippen LogP contribution in [0.25, 0.3) is 0 Å². The molecule has 0 amide bonds. The van der Waals surface area contributed by atoms with Crippen LogP contribution in [0.4, 0.5) is 0 Å². The van der Waals surface area contributed by atoms with Crippen LogP contribution in [-0.2, 0) is 11.3 Å². The van der Waals surface area contributed by atoms with Crippen molar-refractivity contribution in [2.45, 2.75) is 31.7 Å². The number of hydrogen-bond acceptors (Lipinski definition) is 4. The molecule has 21 heavy (non-hydrogen) atoms. The number of hydrogen-bond donors (Lipinski definition) is 2. The number of likely N-dealkylation sites (tertiary alicyclic amines) is 1. The van der Waals surface area contributed by atoms with Gasteiger partial charge in [-0.25, -0.2) is 0 Å². The molecule has 1 saturated carbocycles. The van der Waals surface area contributed by atoms with Crippen LogP contribution in [0, 0.1) is 11.8 Å². The standard InChI is InChI=1S/C17H25NO3/c19-15(12-21-11-13-4-2-1-3-5-13)9-18-8-14-6-7-17(20)16(14)10-18/h1-5,14-17,19-20H,6-12H2. The second kappa shape index (κ2) is 6.88. The fraction of sp³-hybridized carbons (Fsp3) is 0.647. The summed E-state index contributed by atoms with van der Waals surface area (Å²) in [6.07, 6.45) is 1.49. The first-order chi connectivity index (χ1) is 10.2. The predicted molar refractivity (Wildman–Crippen MR) is 80.8 cm³/mol. The van der Waals surface area contributed by atoms with Crippen molar-refractivity contribution in [3.8, 4) is 0 Å². The van der Waals surface area contributed by atoms with Gasteiger partial charge in [0.05, 0.1) is 25.4 Å². The van der Waals surface area contributed by atoms with Crippen LogP contribution in [0.1, 0.15) is 18.4 Å². The molecule has 4 heteroatoms. The summed E-state index contributed by atoms with van der Waals surface area (Å²) >= 11 is 0. The normalized spacial score (nSPS) is 30.5. The van der Waals surface area contributed by atoms with Crippen molar-refractivity contribution in [3.05, 3.63) is 35.9 Å². The first kappa shape index (κ1) is 15.0. The van der Waals surface area contributed by atoms with Gasteiger partial charge in [0.1, 0.15) is 0 Å². The second-order valence-electron chi connectivity index (χ2n) is 6.44. The number of benzene rings is 1. The number of β-amino-alcohol motifs (C(OH)–C–C–N with tert-alkyl or cyclic N) is 1. The van der Waals surface area contributed by atoms with Gasteiger partial charge in [-0.2, -0.15) is 0 Å². The summed E-state index contributed by atoms with van der Waals surface area (Å²) in [5.74, 6) is 1.04. The van der Waals surface area contributed by atoms with Crippen molar-refractivity contribution >= 4 is 0 Å². The highest BCUT2D eigenvalue weighted by atomic mass is 16.5. The Morgan fingerprint density at radius 1 is 1.19 bits per heavy atom. The molecule has 0 radical (unpaired) electrons. The lowest BCUT2D eigenvalue weighted by Gasteiger charge is -2.21. The molecule has 2 fully saturated rings. The third-order valence-electron chi connectivity index (χ3n) is 4.79. The lowest BCUT2D eigenvalue weighted by molar-refractivity contribution is 0.0110. The van der Waals surface area contributed by atoms with Gasteiger partial charge in [-0.3, -0.25) is 0 Å². The van der Waals surface area contributed by atoms with Crippen molar-refractivity contribution in [3.63, 3.8) is 0 Å². The van der Waals surface area contributed by atoms with Gasteiger partial charge >= 0.3 is 0 Å². The van der Waals surface area contributed by atoms with E-state index in [4.69, 9.17) is 4.74 Å². The molecule has 4 unspecified atom stereocenters. The quantitative estimate of drug-likeness (QED) is 0.829. The topological polar surface area (TPSA) is 52.9 Å². The summed E-state index contributed by atoms with van der Waals surface area (Å²) in [7, 11) is 0. The molecule has 116 valence electrons. The molecule has 1 aromatic carbocycles. The van der Waals surface area contributed by atoms with Crippen molar-refractivity contribution in [2.75, 3.05) is 26.2 Å². The molecule has 1 aromatic rings. The summed E-state index contributed by atoms with van der Waals surface area (Å²) in [5.41, 5.74) is 1.13. The molecule has 1 aliphatic heterocycles. The number of nitrogens with zero attached hydrogens (tertiary/aromatic N) is 1. The Labute approximate surface area is 126 Å². The third kappa shape index (κ3) is 3.83. The average molecular weight is 291 g/mol. The van der Waals surface area contributed by atoms with Gasteiger partial charge in [0.15, 0.2) is 0 Å². The van der Waals surface area contributed by atoms with Gasteiger partial charge in [-0.15, -0.1) is 0 Å². The third-order valence-corrected chi connectivity index (χ3v) is 4.79. The smallest absolute Gasteiger partial charge is 0.0900 e. The van der Waals surface area contributed by atoms with E-state index in [0.29, 0.717) is 31.6 Å². The monoisotopic (exact) mass is 291 g/mol. The van der Waals surface area contributed by atoms with Crippen LogP contribution in [0.15, 0.2) is 30.3 Å². The van der Waals surface area contributed by atoms with E-state index in [-0.39, 0.29) is 6.10 Å². The fourth-order valence-corrected chi connectivity index (χ4v) is 3.72. The van der Waals surface area contributed by atoms with Crippen molar-refractivity contribution in [1.82, 2.24) is 4.90 Å². The van der Waals surface area contributed by atoms with Crippen LogP contribution in [-0.4, -0.2) is 53.6 Å². The SMILES string of the molecule is OC(COCc1ccccc1)CN1CC2CCC(O)C2C1. The van der Waals surface area contributed by atoms with Gasteiger partial charge in [-0.1, -0.05) is 30.3 Å². The van der Waals surface area contributed by atoms with Gasteiger partial charge < -0.3 is 19.8 Å². The summed E-state index contributed by atoms with van der Waals surface area (Å²) in [6.45, 7) is 3.48. The maximum atomic E-state index is 10.1. The summed E-state index contributed by atoms with van der Waals surface area (Å²) in [6, 6.07) is 10.0.